The van der Waals surface area contributed by atoms with Crippen molar-refractivity contribution in [3.63, 3.8) is 0 Å². The van der Waals surface area contributed by atoms with Gasteiger partial charge in [0.05, 0.1) is 16.1 Å². The summed E-state index contributed by atoms with van der Waals surface area (Å²) in [6.07, 6.45) is 5.11. The van der Waals surface area contributed by atoms with Crippen molar-refractivity contribution in [3.8, 4) is 0 Å². The number of carbonyl (C=O) groups is 1. The molecule has 7 heteroatoms. The van der Waals surface area contributed by atoms with Gasteiger partial charge in [-0.15, -0.1) is 11.3 Å². The Bertz CT molecular complexity index is 1040. The SMILES string of the molecule is CN(C)C(=O)c1sc2cnccc2c1Nc1ccc2c(c1)CCC2=NO. The van der Waals surface area contributed by atoms with Gasteiger partial charge in [0.1, 0.15) is 4.88 Å². The molecule has 0 fully saturated rings. The lowest BCUT2D eigenvalue weighted by molar-refractivity contribution is 0.0833. The molecule has 6 nitrogen and oxygen atoms in total. The predicted molar refractivity (Wildman–Crippen MR) is 104 cm³/mol. The van der Waals surface area contributed by atoms with Crippen molar-refractivity contribution in [2.45, 2.75) is 12.8 Å². The van der Waals surface area contributed by atoms with Crippen molar-refractivity contribution in [2.24, 2.45) is 5.16 Å². The third-order valence-electron chi connectivity index (χ3n) is 4.53. The van der Waals surface area contributed by atoms with E-state index in [-0.39, 0.29) is 5.91 Å². The van der Waals surface area contributed by atoms with Gasteiger partial charge in [-0.3, -0.25) is 9.78 Å². The summed E-state index contributed by atoms with van der Waals surface area (Å²) in [5, 5.41) is 16.9. The van der Waals surface area contributed by atoms with Crippen LogP contribution >= 0.6 is 11.3 Å². The molecule has 0 atom stereocenters. The first-order valence-corrected chi connectivity index (χ1v) is 9.09. The van der Waals surface area contributed by atoms with Crippen LogP contribution in [0.15, 0.2) is 41.8 Å². The number of benzene rings is 1. The van der Waals surface area contributed by atoms with Gasteiger partial charge in [0.2, 0.25) is 0 Å². The summed E-state index contributed by atoms with van der Waals surface area (Å²) in [4.78, 5) is 19.0. The van der Waals surface area contributed by atoms with Gasteiger partial charge in [0, 0.05) is 43.1 Å². The Hall–Kier alpha value is -2.93. The largest absolute Gasteiger partial charge is 0.411 e. The summed E-state index contributed by atoms with van der Waals surface area (Å²) in [7, 11) is 3.50. The molecule has 1 amide bonds. The monoisotopic (exact) mass is 366 g/mol. The molecule has 0 bridgehead atoms. The minimum atomic E-state index is -0.0374. The number of hydrogen-bond acceptors (Lipinski definition) is 6. The highest BCUT2D eigenvalue weighted by Gasteiger charge is 2.22. The van der Waals surface area contributed by atoms with Gasteiger partial charge >= 0.3 is 0 Å². The van der Waals surface area contributed by atoms with Crippen LogP contribution in [0.4, 0.5) is 11.4 Å². The molecule has 0 aliphatic heterocycles. The van der Waals surface area contributed by atoms with Gasteiger partial charge in [-0.2, -0.15) is 0 Å². The topological polar surface area (TPSA) is 77.8 Å². The number of hydrogen-bond donors (Lipinski definition) is 2. The fourth-order valence-corrected chi connectivity index (χ4v) is 4.37. The first-order valence-electron chi connectivity index (χ1n) is 8.28. The smallest absolute Gasteiger partial charge is 0.265 e. The average molecular weight is 366 g/mol. The van der Waals surface area contributed by atoms with E-state index in [0.717, 1.165) is 51.1 Å². The Morgan fingerprint density at radius 2 is 2.15 bits per heavy atom. The molecule has 26 heavy (non-hydrogen) atoms. The van der Waals surface area contributed by atoms with Crippen LogP contribution in [-0.4, -0.2) is 40.8 Å². The number of nitrogens with zero attached hydrogens (tertiary/aromatic N) is 3. The number of thiophene rings is 1. The maximum atomic E-state index is 12.6. The molecule has 0 unspecified atom stereocenters. The van der Waals surface area contributed by atoms with Crippen LogP contribution in [-0.2, 0) is 6.42 Å². The molecule has 4 rings (SSSR count). The van der Waals surface area contributed by atoms with Crippen molar-refractivity contribution >= 4 is 44.4 Å². The molecule has 1 aliphatic carbocycles. The molecule has 0 spiro atoms. The van der Waals surface area contributed by atoms with Gasteiger partial charge in [0.15, 0.2) is 0 Å². The second-order valence-corrected chi connectivity index (χ2v) is 7.47. The van der Waals surface area contributed by atoms with E-state index in [0.29, 0.717) is 4.88 Å². The number of amides is 1. The van der Waals surface area contributed by atoms with Crippen LogP contribution in [0.3, 0.4) is 0 Å². The Morgan fingerprint density at radius 3 is 2.92 bits per heavy atom. The van der Waals surface area contributed by atoms with E-state index < -0.39 is 0 Å². The molecule has 0 radical (unpaired) electrons. The van der Waals surface area contributed by atoms with Crippen molar-refractivity contribution in [1.29, 1.82) is 0 Å². The number of oxime groups is 1. The highest BCUT2D eigenvalue weighted by atomic mass is 32.1. The van der Waals surface area contributed by atoms with E-state index in [1.54, 1.807) is 31.4 Å². The van der Waals surface area contributed by atoms with Crippen LogP contribution < -0.4 is 5.32 Å². The van der Waals surface area contributed by atoms with Crippen LogP contribution in [0.5, 0.6) is 0 Å². The normalized spacial score (nSPS) is 14.6. The third-order valence-corrected chi connectivity index (χ3v) is 5.66. The van der Waals surface area contributed by atoms with Crippen LogP contribution in [0, 0.1) is 0 Å². The molecule has 2 N–H and O–H groups in total. The van der Waals surface area contributed by atoms with E-state index in [2.05, 4.69) is 21.5 Å². The number of rotatable bonds is 3. The van der Waals surface area contributed by atoms with Crippen molar-refractivity contribution in [3.05, 3.63) is 52.7 Å². The highest BCUT2D eigenvalue weighted by Crippen LogP contribution is 2.38. The van der Waals surface area contributed by atoms with Crippen LogP contribution in [0.2, 0.25) is 0 Å². The van der Waals surface area contributed by atoms with Crippen molar-refractivity contribution in [2.75, 3.05) is 19.4 Å². The second-order valence-electron chi connectivity index (χ2n) is 6.42. The lowest BCUT2D eigenvalue weighted by atomic mass is 10.1. The third kappa shape index (κ3) is 2.70. The molecule has 1 aromatic carbocycles. The van der Waals surface area contributed by atoms with Crippen molar-refractivity contribution in [1.82, 2.24) is 9.88 Å². The molecule has 0 saturated carbocycles. The van der Waals surface area contributed by atoms with Crippen molar-refractivity contribution < 1.29 is 10.0 Å². The maximum absolute atomic E-state index is 12.6. The Morgan fingerprint density at radius 1 is 1.31 bits per heavy atom. The summed E-state index contributed by atoms with van der Waals surface area (Å²) in [5.41, 5.74) is 4.57. The maximum Gasteiger partial charge on any atom is 0.265 e. The second kappa shape index (κ2) is 6.42. The molecule has 3 aromatic rings. The minimum absolute atomic E-state index is 0.0374. The average Bonchev–Trinajstić information content (AvgIpc) is 3.22. The number of carbonyl (C=O) groups excluding carboxylic acids is 1. The number of aromatic nitrogens is 1. The Kier molecular flexibility index (Phi) is 4.08. The zero-order valence-corrected chi connectivity index (χ0v) is 15.3. The van der Waals surface area contributed by atoms with Crippen LogP contribution in [0.1, 0.15) is 27.2 Å². The quantitative estimate of drug-likeness (QED) is 0.545. The molecular weight excluding hydrogens is 348 g/mol. The van der Waals surface area contributed by atoms with E-state index in [1.807, 2.05) is 18.2 Å². The molecular formula is C19H18N4O2S. The number of anilines is 2. The number of aryl methyl sites for hydroxylation is 1. The fraction of sp³-hybridized carbons (Fsp3) is 0.211. The molecule has 132 valence electrons. The van der Waals surface area contributed by atoms with Gasteiger partial charge in [-0.1, -0.05) is 11.2 Å². The van der Waals surface area contributed by atoms with E-state index in [4.69, 9.17) is 5.21 Å². The predicted octanol–water partition coefficient (Wildman–Crippen LogP) is 3.87. The first kappa shape index (κ1) is 16.5. The van der Waals surface area contributed by atoms with Crippen LogP contribution in [0.25, 0.3) is 10.1 Å². The minimum Gasteiger partial charge on any atom is -0.411 e. The van der Waals surface area contributed by atoms with E-state index >= 15 is 0 Å². The fourth-order valence-electron chi connectivity index (χ4n) is 3.22. The lowest BCUT2D eigenvalue weighted by Crippen LogP contribution is -2.21. The summed E-state index contributed by atoms with van der Waals surface area (Å²) >= 11 is 1.44. The number of nitrogens with one attached hydrogen (secondary N) is 1. The van der Waals surface area contributed by atoms with Gasteiger partial charge in [0.25, 0.3) is 5.91 Å². The molecule has 2 aromatic heterocycles. The van der Waals surface area contributed by atoms with Gasteiger partial charge < -0.3 is 15.4 Å². The molecule has 0 saturated heterocycles. The summed E-state index contributed by atoms with van der Waals surface area (Å²) in [6.45, 7) is 0. The first-order chi connectivity index (χ1) is 12.6. The summed E-state index contributed by atoms with van der Waals surface area (Å²) in [5.74, 6) is -0.0374. The summed E-state index contributed by atoms with van der Waals surface area (Å²) < 4.78 is 0.969. The summed E-state index contributed by atoms with van der Waals surface area (Å²) in [6, 6.07) is 7.89. The molecule has 2 heterocycles. The zero-order valence-electron chi connectivity index (χ0n) is 14.5. The van der Waals surface area contributed by atoms with Gasteiger partial charge in [-0.25, -0.2) is 0 Å². The highest BCUT2D eigenvalue weighted by molar-refractivity contribution is 7.21. The van der Waals surface area contributed by atoms with E-state index in [1.165, 1.54) is 11.3 Å². The standard InChI is InChI=1S/C19H18N4O2S/c1-23(2)19(24)18-17(14-7-8-20-10-16(14)26-18)21-12-4-5-13-11(9-12)3-6-15(13)22-25/h4-5,7-10,21,25H,3,6H2,1-2H3. The molecule has 1 aliphatic rings. The zero-order chi connectivity index (χ0) is 18.3. The Labute approximate surface area is 154 Å². The lowest BCUT2D eigenvalue weighted by Gasteiger charge is -2.13. The van der Waals surface area contributed by atoms with Gasteiger partial charge in [-0.05, 0) is 36.6 Å². The van der Waals surface area contributed by atoms with E-state index in [9.17, 15) is 4.79 Å². The Balaban J connectivity index is 1.78. The number of pyridine rings is 1. The number of fused-ring (bicyclic) bond motifs is 2.